The SMILES string of the molecule is CC(C)(N)[C@@H](CC(=O)O)c1ccc(Cl)cc1. The van der Waals surface area contributed by atoms with Crippen LogP contribution >= 0.6 is 11.6 Å². The van der Waals surface area contributed by atoms with Crippen molar-refractivity contribution in [3.8, 4) is 0 Å². The van der Waals surface area contributed by atoms with Gasteiger partial charge >= 0.3 is 5.97 Å². The van der Waals surface area contributed by atoms with Crippen molar-refractivity contribution in [2.75, 3.05) is 0 Å². The maximum Gasteiger partial charge on any atom is 0.304 e. The molecule has 0 spiro atoms. The number of rotatable bonds is 4. The number of hydrogen-bond acceptors (Lipinski definition) is 2. The van der Waals surface area contributed by atoms with Gasteiger partial charge in [-0.2, -0.15) is 0 Å². The number of aliphatic carboxylic acids is 1. The van der Waals surface area contributed by atoms with Gasteiger partial charge in [0.1, 0.15) is 0 Å². The molecular weight excluding hydrogens is 226 g/mol. The van der Waals surface area contributed by atoms with Crippen molar-refractivity contribution < 1.29 is 9.90 Å². The van der Waals surface area contributed by atoms with Crippen molar-refractivity contribution in [1.29, 1.82) is 0 Å². The molecule has 1 rings (SSSR count). The first-order valence-electron chi connectivity index (χ1n) is 5.07. The third kappa shape index (κ3) is 3.51. The van der Waals surface area contributed by atoms with E-state index in [9.17, 15) is 4.79 Å². The predicted octanol–water partition coefficient (Wildman–Crippen LogP) is 2.64. The van der Waals surface area contributed by atoms with E-state index in [1.54, 1.807) is 12.1 Å². The maximum atomic E-state index is 10.8. The van der Waals surface area contributed by atoms with Crippen LogP contribution in [0.4, 0.5) is 0 Å². The Morgan fingerprint density at radius 3 is 2.31 bits per heavy atom. The van der Waals surface area contributed by atoms with E-state index in [0.29, 0.717) is 5.02 Å². The molecule has 0 saturated heterocycles. The highest BCUT2D eigenvalue weighted by atomic mass is 35.5. The average molecular weight is 242 g/mol. The molecule has 0 heterocycles. The first-order valence-corrected chi connectivity index (χ1v) is 5.44. The Kier molecular flexibility index (Phi) is 3.94. The van der Waals surface area contributed by atoms with Gasteiger partial charge in [0.15, 0.2) is 0 Å². The topological polar surface area (TPSA) is 63.3 Å². The van der Waals surface area contributed by atoms with Crippen molar-refractivity contribution in [2.24, 2.45) is 5.73 Å². The number of halogens is 1. The normalized spacial score (nSPS) is 13.5. The van der Waals surface area contributed by atoms with Crippen molar-refractivity contribution in [2.45, 2.75) is 31.7 Å². The number of carboxylic acids is 1. The zero-order valence-electron chi connectivity index (χ0n) is 9.40. The van der Waals surface area contributed by atoms with Gasteiger partial charge in [0.05, 0.1) is 6.42 Å². The summed E-state index contributed by atoms with van der Waals surface area (Å²) >= 11 is 5.79. The Morgan fingerprint density at radius 2 is 1.94 bits per heavy atom. The molecule has 4 heteroatoms. The van der Waals surface area contributed by atoms with Crippen LogP contribution in [0, 0.1) is 0 Å². The minimum Gasteiger partial charge on any atom is -0.481 e. The molecule has 1 aromatic carbocycles. The summed E-state index contributed by atoms with van der Waals surface area (Å²) in [5.74, 6) is -1.07. The van der Waals surface area contributed by atoms with Crippen LogP contribution in [-0.2, 0) is 4.79 Å². The molecule has 0 saturated carbocycles. The van der Waals surface area contributed by atoms with E-state index >= 15 is 0 Å². The van der Waals surface area contributed by atoms with Gasteiger partial charge in [-0.3, -0.25) is 4.79 Å². The van der Waals surface area contributed by atoms with Gasteiger partial charge in [-0.15, -0.1) is 0 Å². The van der Waals surface area contributed by atoms with Crippen LogP contribution < -0.4 is 5.73 Å². The Hall–Kier alpha value is -1.06. The zero-order valence-corrected chi connectivity index (χ0v) is 10.2. The second-order valence-corrected chi connectivity index (χ2v) is 4.96. The van der Waals surface area contributed by atoms with Crippen molar-refractivity contribution in [3.05, 3.63) is 34.9 Å². The lowest BCUT2D eigenvalue weighted by Gasteiger charge is -2.29. The highest BCUT2D eigenvalue weighted by Gasteiger charge is 2.28. The van der Waals surface area contributed by atoms with E-state index < -0.39 is 11.5 Å². The summed E-state index contributed by atoms with van der Waals surface area (Å²) in [6.07, 6.45) is 0.0190. The molecule has 0 aliphatic heterocycles. The molecule has 0 aliphatic rings. The van der Waals surface area contributed by atoms with Gasteiger partial charge in [0.2, 0.25) is 0 Å². The van der Waals surface area contributed by atoms with Gasteiger partial charge in [0, 0.05) is 16.5 Å². The molecule has 0 unspecified atom stereocenters. The molecule has 0 radical (unpaired) electrons. The number of benzene rings is 1. The van der Waals surface area contributed by atoms with Crippen LogP contribution in [0.5, 0.6) is 0 Å². The summed E-state index contributed by atoms with van der Waals surface area (Å²) in [5.41, 5.74) is 6.33. The lowest BCUT2D eigenvalue weighted by molar-refractivity contribution is -0.137. The summed E-state index contributed by atoms with van der Waals surface area (Å²) in [5, 5.41) is 9.51. The fraction of sp³-hybridized carbons (Fsp3) is 0.417. The van der Waals surface area contributed by atoms with E-state index in [-0.39, 0.29) is 12.3 Å². The van der Waals surface area contributed by atoms with Crippen LogP contribution in [0.2, 0.25) is 5.02 Å². The third-order valence-corrected chi connectivity index (χ3v) is 2.80. The molecule has 0 amide bonds. The molecule has 0 aliphatic carbocycles. The number of carboxylic acid groups (broad SMARTS) is 1. The predicted molar refractivity (Wildman–Crippen MR) is 64.7 cm³/mol. The van der Waals surface area contributed by atoms with Crippen LogP contribution in [-0.4, -0.2) is 16.6 Å². The number of carbonyl (C=O) groups is 1. The zero-order chi connectivity index (χ0) is 12.3. The van der Waals surface area contributed by atoms with E-state index in [0.717, 1.165) is 5.56 Å². The first kappa shape index (κ1) is 13.0. The summed E-state index contributed by atoms with van der Waals surface area (Å²) in [7, 11) is 0. The molecule has 88 valence electrons. The van der Waals surface area contributed by atoms with Crippen LogP contribution in [0.3, 0.4) is 0 Å². The average Bonchev–Trinajstić information content (AvgIpc) is 2.14. The summed E-state index contributed by atoms with van der Waals surface area (Å²) < 4.78 is 0. The smallest absolute Gasteiger partial charge is 0.304 e. The number of nitrogens with two attached hydrogens (primary N) is 1. The quantitative estimate of drug-likeness (QED) is 0.852. The molecule has 3 nitrogen and oxygen atoms in total. The van der Waals surface area contributed by atoms with Gasteiger partial charge in [-0.25, -0.2) is 0 Å². The molecular formula is C12H16ClNO2. The largest absolute Gasteiger partial charge is 0.481 e. The third-order valence-electron chi connectivity index (χ3n) is 2.55. The van der Waals surface area contributed by atoms with Crippen LogP contribution in [0.1, 0.15) is 31.7 Å². The molecule has 0 fully saturated rings. The minimum atomic E-state index is -0.849. The molecule has 16 heavy (non-hydrogen) atoms. The Labute approximate surface area is 100 Å². The van der Waals surface area contributed by atoms with Crippen LogP contribution in [0.15, 0.2) is 24.3 Å². The Bertz CT molecular complexity index is 368. The van der Waals surface area contributed by atoms with E-state index in [1.807, 2.05) is 26.0 Å². The van der Waals surface area contributed by atoms with E-state index in [2.05, 4.69) is 0 Å². The van der Waals surface area contributed by atoms with E-state index in [4.69, 9.17) is 22.4 Å². The van der Waals surface area contributed by atoms with E-state index in [1.165, 1.54) is 0 Å². The van der Waals surface area contributed by atoms with Gasteiger partial charge < -0.3 is 10.8 Å². The lowest BCUT2D eigenvalue weighted by atomic mass is 9.80. The van der Waals surface area contributed by atoms with Crippen molar-refractivity contribution in [3.63, 3.8) is 0 Å². The lowest BCUT2D eigenvalue weighted by Crippen LogP contribution is -2.40. The number of hydrogen-bond donors (Lipinski definition) is 2. The minimum absolute atomic E-state index is 0.0190. The summed E-state index contributed by atoms with van der Waals surface area (Å²) in [6.45, 7) is 3.66. The first-order chi connectivity index (χ1) is 7.30. The summed E-state index contributed by atoms with van der Waals surface area (Å²) in [6, 6.07) is 7.14. The monoisotopic (exact) mass is 241 g/mol. The highest BCUT2D eigenvalue weighted by Crippen LogP contribution is 2.30. The van der Waals surface area contributed by atoms with Gasteiger partial charge in [-0.05, 0) is 31.5 Å². The van der Waals surface area contributed by atoms with Crippen LogP contribution in [0.25, 0.3) is 0 Å². The standard InChI is InChI=1S/C12H16ClNO2/c1-12(2,14)10(7-11(15)16)8-3-5-9(13)6-4-8/h3-6,10H,7,14H2,1-2H3,(H,15,16)/t10-/m0/s1. The van der Waals surface area contributed by atoms with Crippen molar-refractivity contribution >= 4 is 17.6 Å². The van der Waals surface area contributed by atoms with Crippen molar-refractivity contribution in [1.82, 2.24) is 0 Å². The second kappa shape index (κ2) is 4.85. The molecule has 0 aromatic heterocycles. The highest BCUT2D eigenvalue weighted by molar-refractivity contribution is 6.30. The maximum absolute atomic E-state index is 10.8. The Balaban J connectivity index is 3.01. The molecule has 1 atom stereocenters. The Morgan fingerprint density at radius 1 is 1.44 bits per heavy atom. The molecule has 0 bridgehead atoms. The second-order valence-electron chi connectivity index (χ2n) is 4.52. The fourth-order valence-corrected chi connectivity index (χ4v) is 1.81. The summed E-state index contributed by atoms with van der Waals surface area (Å²) in [4.78, 5) is 10.8. The van der Waals surface area contributed by atoms with Gasteiger partial charge in [0.25, 0.3) is 0 Å². The van der Waals surface area contributed by atoms with Gasteiger partial charge in [-0.1, -0.05) is 23.7 Å². The fourth-order valence-electron chi connectivity index (χ4n) is 1.68. The molecule has 3 N–H and O–H groups in total. The molecule has 1 aromatic rings.